The first kappa shape index (κ1) is 15.0. The van der Waals surface area contributed by atoms with E-state index in [9.17, 15) is 5.11 Å². The predicted molar refractivity (Wildman–Crippen MR) is 80.3 cm³/mol. The summed E-state index contributed by atoms with van der Waals surface area (Å²) in [5.74, 6) is 1.87. The molecule has 1 aliphatic heterocycles. The Labute approximate surface area is 129 Å². The molecule has 1 aliphatic rings. The van der Waals surface area contributed by atoms with Crippen LogP contribution in [0.15, 0.2) is 28.8 Å². The number of hydrogen-bond acceptors (Lipinski definition) is 6. The topological polar surface area (TPSA) is 71.6 Å². The van der Waals surface area contributed by atoms with E-state index in [0.29, 0.717) is 24.4 Å². The molecule has 3 rings (SSSR count). The molecule has 0 radical (unpaired) electrons. The minimum absolute atomic E-state index is 0.241. The highest BCUT2D eigenvalue weighted by Gasteiger charge is 2.23. The predicted octanol–water partition coefficient (Wildman–Crippen LogP) is 1.91. The summed E-state index contributed by atoms with van der Waals surface area (Å²) in [5.41, 5.74) is 1.23. The fourth-order valence-electron chi connectivity index (χ4n) is 2.78. The average molecular weight is 303 g/mol. The second-order valence-electron chi connectivity index (χ2n) is 5.61. The fourth-order valence-corrected chi connectivity index (χ4v) is 2.78. The molecule has 2 aromatic rings. The number of nitrogens with zero attached hydrogens (tertiary/aromatic N) is 3. The van der Waals surface area contributed by atoms with Crippen molar-refractivity contribution in [3.8, 4) is 5.75 Å². The summed E-state index contributed by atoms with van der Waals surface area (Å²) in [6.07, 6.45) is 2.25. The highest BCUT2D eigenvalue weighted by molar-refractivity contribution is 5.27. The Morgan fingerprint density at radius 2 is 2.18 bits per heavy atom. The molecule has 6 heteroatoms. The summed E-state index contributed by atoms with van der Waals surface area (Å²) in [7, 11) is 0. The second kappa shape index (κ2) is 6.89. The molecule has 0 amide bonds. The Kier molecular flexibility index (Phi) is 4.70. The van der Waals surface area contributed by atoms with E-state index in [1.807, 2.05) is 12.1 Å². The van der Waals surface area contributed by atoms with Crippen LogP contribution in [0, 0.1) is 6.92 Å². The lowest BCUT2D eigenvalue weighted by atomic mass is 10.2. The van der Waals surface area contributed by atoms with Crippen LogP contribution in [0.5, 0.6) is 5.75 Å². The van der Waals surface area contributed by atoms with E-state index in [1.54, 1.807) is 6.92 Å². The third-order valence-corrected chi connectivity index (χ3v) is 3.96. The van der Waals surface area contributed by atoms with Crippen molar-refractivity contribution in [2.45, 2.75) is 39.0 Å². The standard InChI is InChI=1S/C16H21N3O3/c1-12-17-16(18-22-12)11-21-15-6-4-13(5-7-15)9-19-8-2-3-14(19)10-20/h4-7,14,20H,2-3,8-11H2,1H3/t14-/m1/s1. The number of hydrogen-bond donors (Lipinski definition) is 1. The van der Waals surface area contributed by atoms with Gasteiger partial charge in [-0.05, 0) is 37.1 Å². The van der Waals surface area contributed by atoms with E-state index in [1.165, 1.54) is 5.56 Å². The summed E-state index contributed by atoms with van der Waals surface area (Å²) >= 11 is 0. The van der Waals surface area contributed by atoms with Gasteiger partial charge in [0.15, 0.2) is 6.61 Å². The molecule has 6 nitrogen and oxygen atoms in total. The third kappa shape index (κ3) is 3.64. The first-order valence-corrected chi connectivity index (χ1v) is 7.60. The highest BCUT2D eigenvalue weighted by Crippen LogP contribution is 2.21. The Bertz CT molecular complexity index is 597. The van der Waals surface area contributed by atoms with Gasteiger partial charge in [-0.15, -0.1) is 0 Å². The number of benzene rings is 1. The van der Waals surface area contributed by atoms with Crippen molar-refractivity contribution in [2.75, 3.05) is 13.2 Å². The van der Waals surface area contributed by atoms with Crippen molar-refractivity contribution >= 4 is 0 Å². The minimum Gasteiger partial charge on any atom is -0.485 e. The van der Waals surface area contributed by atoms with E-state index in [2.05, 4.69) is 27.2 Å². The summed E-state index contributed by atoms with van der Waals surface area (Å²) in [5, 5.41) is 13.2. The Balaban J connectivity index is 1.53. The molecule has 0 spiro atoms. The molecule has 22 heavy (non-hydrogen) atoms. The van der Waals surface area contributed by atoms with Crippen LogP contribution < -0.4 is 4.74 Å². The van der Waals surface area contributed by atoms with Crippen molar-refractivity contribution in [1.29, 1.82) is 0 Å². The fraction of sp³-hybridized carbons (Fsp3) is 0.500. The van der Waals surface area contributed by atoms with Gasteiger partial charge in [0.25, 0.3) is 0 Å². The van der Waals surface area contributed by atoms with Crippen LogP contribution in [-0.2, 0) is 13.2 Å². The van der Waals surface area contributed by atoms with Gasteiger partial charge in [-0.2, -0.15) is 4.98 Å². The zero-order valence-corrected chi connectivity index (χ0v) is 12.7. The zero-order valence-electron chi connectivity index (χ0n) is 12.7. The average Bonchev–Trinajstić information content (AvgIpc) is 3.15. The summed E-state index contributed by atoms with van der Waals surface area (Å²) < 4.78 is 10.5. The van der Waals surface area contributed by atoms with E-state index in [4.69, 9.17) is 9.26 Å². The Morgan fingerprint density at radius 3 is 2.86 bits per heavy atom. The molecule has 0 unspecified atom stereocenters. The Morgan fingerprint density at radius 1 is 1.36 bits per heavy atom. The van der Waals surface area contributed by atoms with Crippen molar-refractivity contribution in [3.05, 3.63) is 41.5 Å². The number of aliphatic hydroxyl groups excluding tert-OH is 1. The molecule has 1 N–H and O–H groups in total. The molecular formula is C16H21N3O3. The van der Waals surface area contributed by atoms with Crippen LogP contribution >= 0.6 is 0 Å². The molecule has 1 aromatic carbocycles. The van der Waals surface area contributed by atoms with Crippen LogP contribution in [0.2, 0.25) is 0 Å². The lowest BCUT2D eigenvalue weighted by molar-refractivity contribution is 0.153. The molecule has 118 valence electrons. The number of ether oxygens (including phenoxy) is 1. The maximum atomic E-state index is 9.36. The second-order valence-corrected chi connectivity index (χ2v) is 5.61. The maximum absolute atomic E-state index is 9.36. The van der Waals surface area contributed by atoms with Gasteiger partial charge in [0.1, 0.15) is 5.75 Å². The molecule has 1 saturated heterocycles. The first-order valence-electron chi connectivity index (χ1n) is 7.60. The maximum Gasteiger partial charge on any atom is 0.223 e. The number of aryl methyl sites for hydroxylation is 1. The first-order chi connectivity index (χ1) is 10.7. The lowest BCUT2D eigenvalue weighted by Crippen LogP contribution is -2.31. The van der Waals surface area contributed by atoms with Gasteiger partial charge in [-0.25, -0.2) is 0 Å². The van der Waals surface area contributed by atoms with Crippen LogP contribution in [0.4, 0.5) is 0 Å². The van der Waals surface area contributed by atoms with Crippen LogP contribution in [0.3, 0.4) is 0 Å². The van der Waals surface area contributed by atoms with Crippen molar-refractivity contribution in [3.63, 3.8) is 0 Å². The number of rotatable bonds is 6. The van der Waals surface area contributed by atoms with Crippen LogP contribution in [-0.4, -0.2) is 39.3 Å². The monoisotopic (exact) mass is 303 g/mol. The summed E-state index contributed by atoms with van der Waals surface area (Å²) in [6.45, 7) is 4.22. The van der Waals surface area contributed by atoms with Crippen LogP contribution in [0.1, 0.15) is 30.1 Å². The van der Waals surface area contributed by atoms with E-state index < -0.39 is 0 Å². The highest BCUT2D eigenvalue weighted by atomic mass is 16.5. The van der Waals surface area contributed by atoms with E-state index in [-0.39, 0.29) is 6.61 Å². The zero-order chi connectivity index (χ0) is 15.4. The molecule has 1 atom stereocenters. The van der Waals surface area contributed by atoms with Gasteiger partial charge in [-0.1, -0.05) is 17.3 Å². The van der Waals surface area contributed by atoms with Gasteiger partial charge in [0, 0.05) is 19.5 Å². The molecule has 0 bridgehead atoms. The van der Waals surface area contributed by atoms with Gasteiger partial charge in [0.05, 0.1) is 6.61 Å². The quantitative estimate of drug-likeness (QED) is 0.879. The van der Waals surface area contributed by atoms with Gasteiger partial charge in [0.2, 0.25) is 11.7 Å². The van der Waals surface area contributed by atoms with Gasteiger partial charge < -0.3 is 14.4 Å². The Hall–Kier alpha value is -1.92. The summed E-state index contributed by atoms with van der Waals surface area (Å²) in [6, 6.07) is 8.32. The van der Waals surface area contributed by atoms with E-state index >= 15 is 0 Å². The van der Waals surface area contributed by atoms with Crippen LogP contribution in [0.25, 0.3) is 0 Å². The third-order valence-electron chi connectivity index (χ3n) is 3.96. The van der Waals surface area contributed by atoms with Crippen molar-refractivity contribution < 1.29 is 14.4 Å². The lowest BCUT2D eigenvalue weighted by Gasteiger charge is -2.22. The summed E-state index contributed by atoms with van der Waals surface area (Å²) in [4.78, 5) is 6.43. The molecule has 1 aromatic heterocycles. The molecule has 0 aliphatic carbocycles. The van der Waals surface area contributed by atoms with E-state index in [0.717, 1.165) is 31.7 Å². The van der Waals surface area contributed by atoms with Gasteiger partial charge in [-0.3, -0.25) is 4.90 Å². The largest absolute Gasteiger partial charge is 0.485 e. The number of aromatic nitrogens is 2. The molecular weight excluding hydrogens is 282 g/mol. The minimum atomic E-state index is 0.241. The number of likely N-dealkylation sites (tertiary alicyclic amines) is 1. The number of aliphatic hydroxyl groups is 1. The smallest absolute Gasteiger partial charge is 0.223 e. The van der Waals surface area contributed by atoms with Crippen molar-refractivity contribution in [1.82, 2.24) is 15.0 Å². The molecule has 1 fully saturated rings. The molecule has 0 saturated carbocycles. The SMILES string of the molecule is Cc1nc(COc2ccc(CN3CCC[C@@H]3CO)cc2)no1. The normalized spacial score (nSPS) is 18.7. The van der Waals surface area contributed by atoms with Gasteiger partial charge >= 0.3 is 0 Å². The molecule has 2 heterocycles. The van der Waals surface area contributed by atoms with Crippen molar-refractivity contribution in [2.24, 2.45) is 0 Å².